The minimum absolute atomic E-state index is 0.0609. The van der Waals surface area contributed by atoms with E-state index in [2.05, 4.69) is 41.4 Å². The molecule has 0 spiro atoms. The Morgan fingerprint density at radius 1 is 0.941 bits per heavy atom. The average Bonchev–Trinajstić information content (AvgIpc) is 2.80. The molecule has 0 bridgehead atoms. The quantitative estimate of drug-likeness (QED) is 0.276. The molecule has 0 unspecified atom stereocenters. The third-order valence-electron chi connectivity index (χ3n) is 5.32. The molecule has 0 saturated carbocycles. The fourth-order valence-corrected chi connectivity index (χ4v) is 3.36. The molecule has 0 atom stereocenters. The number of halogens is 3. The summed E-state index contributed by atoms with van der Waals surface area (Å²) in [6.07, 6.45) is 0.333. The van der Waals surface area contributed by atoms with Crippen LogP contribution in [0.1, 0.15) is 63.5 Å². The van der Waals surface area contributed by atoms with E-state index in [1.165, 1.54) is 0 Å². The van der Waals surface area contributed by atoms with Gasteiger partial charge in [-0.3, -0.25) is 0 Å². The monoisotopic (exact) mass is 472 g/mol. The normalized spacial score (nSPS) is 11.5. The maximum atomic E-state index is 13.7. The van der Waals surface area contributed by atoms with Crippen molar-refractivity contribution in [3.63, 3.8) is 0 Å². The number of rotatable bonds is 11. The van der Waals surface area contributed by atoms with Crippen LogP contribution < -0.4 is 15.4 Å². The van der Waals surface area contributed by atoms with Crippen molar-refractivity contribution >= 4 is 23.1 Å². The molecular weight excluding hydrogens is 441 g/mol. The fraction of sp³-hybridized carbons (Fsp3) is 0.385. The van der Waals surface area contributed by atoms with Crippen LogP contribution in [-0.4, -0.2) is 16.6 Å². The zero-order valence-corrected chi connectivity index (χ0v) is 19.7. The molecule has 0 aliphatic rings. The van der Waals surface area contributed by atoms with Crippen molar-refractivity contribution in [3.05, 3.63) is 65.9 Å². The summed E-state index contributed by atoms with van der Waals surface area (Å²) >= 11 is 0. The number of hydrogen-bond acceptors (Lipinski definition) is 5. The lowest BCUT2D eigenvalue weighted by atomic mass is 10.0. The fourth-order valence-electron chi connectivity index (χ4n) is 3.36. The van der Waals surface area contributed by atoms with Gasteiger partial charge in [-0.2, -0.15) is 18.2 Å². The SMILES string of the molecule is CCCCCCOc1ccccc1Nc1nc(Nc2ccc(C(C)C)cc2)ncc1C(F)(F)F. The van der Waals surface area contributed by atoms with Crippen molar-refractivity contribution in [2.75, 3.05) is 17.2 Å². The van der Waals surface area contributed by atoms with Crippen LogP contribution in [0.2, 0.25) is 0 Å². The number of hydrogen-bond donors (Lipinski definition) is 2. The van der Waals surface area contributed by atoms with Crippen LogP contribution in [-0.2, 0) is 6.18 Å². The van der Waals surface area contributed by atoms with E-state index in [1.807, 2.05) is 24.3 Å². The Morgan fingerprint density at radius 3 is 2.35 bits per heavy atom. The summed E-state index contributed by atoms with van der Waals surface area (Å²) in [5, 5.41) is 5.80. The maximum Gasteiger partial charge on any atom is 0.421 e. The van der Waals surface area contributed by atoms with Gasteiger partial charge in [-0.25, -0.2) is 4.98 Å². The molecule has 2 aromatic carbocycles. The van der Waals surface area contributed by atoms with Gasteiger partial charge < -0.3 is 15.4 Å². The van der Waals surface area contributed by atoms with Crippen molar-refractivity contribution in [1.29, 1.82) is 0 Å². The van der Waals surface area contributed by atoms with Crippen LogP contribution in [0.15, 0.2) is 54.7 Å². The first-order chi connectivity index (χ1) is 16.3. The van der Waals surface area contributed by atoms with E-state index < -0.39 is 11.7 Å². The second-order valence-corrected chi connectivity index (χ2v) is 8.39. The van der Waals surface area contributed by atoms with E-state index >= 15 is 0 Å². The highest BCUT2D eigenvalue weighted by Gasteiger charge is 2.35. The summed E-state index contributed by atoms with van der Waals surface area (Å²) in [6, 6.07) is 14.5. The minimum atomic E-state index is -4.62. The second kappa shape index (κ2) is 11.7. The zero-order chi connectivity index (χ0) is 24.6. The lowest BCUT2D eigenvalue weighted by Gasteiger charge is -2.17. The Labute approximate surface area is 198 Å². The predicted octanol–water partition coefficient (Wildman–Crippen LogP) is 8.07. The molecule has 0 radical (unpaired) electrons. The molecule has 8 heteroatoms. The van der Waals surface area contributed by atoms with Crippen LogP contribution in [0.3, 0.4) is 0 Å². The summed E-state index contributed by atoms with van der Waals surface area (Å²) in [7, 11) is 0. The van der Waals surface area contributed by atoms with Crippen molar-refractivity contribution in [2.24, 2.45) is 0 Å². The molecular formula is C26H31F3N4O. The number of anilines is 4. The average molecular weight is 473 g/mol. The van der Waals surface area contributed by atoms with E-state index in [4.69, 9.17) is 4.74 Å². The van der Waals surface area contributed by atoms with E-state index in [1.54, 1.807) is 24.3 Å². The Balaban J connectivity index is 1.82. The van der Waals surface area contributed by atoms with Gasteiger partial charge in [0.1, 0.15) is 17.1 Å². The van der Waals surface area contributed by atoms with Crippen LogP contribution >= 0.6 is 0 Å². The third kappa shape index (κ3) is 7.10. The Kier molecular flexibility index (Phi) is 8.73. The third-order valence-corrected chi connectivity index (χ3v) is 5.32. The Morgan fingerprint density at radius 2 is 1.68 bits per heavy atom. The summed E-state index contributed by atoms with van der Waals surface area (Å²) in [6.45, 7) is 6.80. The number of benzene rings is 2. The molecule has 2 N–H and O–H groups in total. The molecule has 1 heterocycles. The maximum absolute atomic E-state index is 13.7. The Hall–Kier alpha value is -3.29. The smallest absolute Gasteiger partial charge is 0.421 e. The molecule has 3 aromatic rings. The van der Waals surface area contributed by atoms with Gasteiger partial charge in [0.25, 0.3) is 0 Å². The molecule has 182 valence electrons. The van der Waals surface area contributed by atoms with Gasteiger partial charge >= 0.3 is 6.18 Å². The lowest BCUT2D eigenvalue weighted by molar-refractivity contribution is -0.137. The van der Waals surface area contributed by atoms with E-state index in [-0.39, 0.29) is 11.8 Å². The minimum Gasteiger partial charge on any atom is -0.491 e. The molecule has 1 aromatic heterocycles. The van der Waals surface area contributed by atoms with Gasteiger partial charge in [0.2, 0.25) is 5.95 Å². The summed E-state index contributed by atoms with van der Waals surface area (Å²) in [5.41, 5.74) is 1.30. The van der Waals surface area contributed by atoms with Gasteiger partial charge in [-0.15, -0.1) is 0 Å². The van der Waals surface area contributed by atoms with Gasteiger partial charge in [-0.1, -0.05) is 64.3 Å². The van der Waals surface area contributed by atoms with Crippen LogP contribution in [0.5, 0.6) is 5.75 Å². The van der Waals surface area contributed by atoms with Gasteiger partial charge in [0, 0.05) is 11.9 Å². The standard InChI is InChI=1S/C26H31F3N4O/c1-4-5-6-9-16-34-23-11-8-7-10-22(23)32-24-21(26(27,28)29)17-30-25(33-24)31-20-14-12-19(13-15-20)18(2)3/h7-8,10-15,17-18H,4-6,9,16H2,1-3H3,(H2,30,31,32,33). The summed E-state index contributed by atoms with van der Waals surface area (Å²) < 4.78 is 46.9. The van der Waals surface area contributed by atoms with Crippen molar-refractivity contribution in [3.8, 4) is 5.75 Å². The van der Waals surface area contributed by atoms with Crippen molar-refractivity contribution in [2.45, 2.75) is 58.5 Å². The molecule has 3 rings (SSSR count). The van der Waals surface area contributed by atoms with E-state index in [9.17, 15) is 13.2 Å². The number of nitrogens with one attached hydrogen (secondary N) is 2. The van der Waals surface area contributed by atoms with Gasteiger partial charge in [0.15, 0.2) is 0 Å². The summed E-state index contributed by atoms with van der Waals surface area (Å²) in [4.78, 5) is 8.03. The highest BCUT2D eigenvalue weighted by molar-refractivity contribution is 5.67. The molecule has 34 heavy (non-hydrogen) atoms. The zero-order valence-electron chi connectivity index (χ0n) is 19.7. The molecule has 0 amide bonds. The lowest BCUT2D eigenvalue weighted by Crippen LogP contribution is -2.13. The molecule has 0 aliphatic carbocycles. The topological polar surface area (TPSA) is 59.1 Å². The number of ether oxygens (including phenoxy) is 1. The van der Waals surface area contributed by atoms with E-state index in [0.717, 1.165) is 37.4 Å². The first-order valence-electron chi connectivity index (χ1n) is 11.6. The number of nitrogens with zero attached hydrogens (tertiary/aromatic N) is 2. The molecule has 0 fully saturated rings. The van der Waals surface area contributed by atoms with E-state index in [0.29, 0.717) is 29.6 Å². The van der Waals surface area contributed by atoms with Crippen LogP contribution in [0.4, 0.5) is 36.3 Å². The van der Waals surface area contributed by atoms with Gasteiger partial charge in [-0.05, 0) is 42.2 Å². The van der Waals surface area contributed by atoms with Crippen LogP contribution in [0.25, 0.3) is 0 Å². The van der Waals surface area contributed by atoms with Gasteiger partial charge in [0.05, 0.1) is 12.3 Å². The first-order valence-corrected chi connectivity index (χ1v) is 11.6. The second-order valence-electron chi connectivity index (χ2n) is 8.39. The van der Waals surface area contributed by atoms with Crippen LogP contribution in [0, 0.1) is 0 Å². The predicted molar refractivity (Wildman–Crippen MR) is 130 cm³/mol. The number of unbranched alkanes of at least 4 members (excludes halogenated alkanes) is 3. The summed E-state index contributed by atoms with van der Waals surface area (Å²) in [5.74, 6) is 0.571. The Bertz CT molecular complexity index is 1050. The van der Waals surface area contributed by atoms with Crippen molar-refractivity contribution in [1.82, 2.24) is 9.97 Å². The number of aromatic nitrogens is 2. The molecule has 0 saturated heterocycles. The highest BCUT2D eigenvalue weighted by atomic mass is 19.4. The largest absolute Gasteiger partial charge is 0.491 e. The molecule has 5 nitrogen and oxygen atoms in total. The van der Waals surface area contributed by atoms with Crippen molar-refractivity contribution < 1.29 is 17.9 Å². The first kappa shape index (κ1) is 25.3. The number of para-hydroxylation sites is 2. The number of alkyl halides is 3. The molecule has 0 aliphatic heterocycles. The highest BCUT2D eigenvalue weighted by Crippen LogP contribution is 2.37.